The lowest BCUT2D eigenvalue weighted by Gasteiger charge is -2.49. The van der Waals surface area contributed by atoms with Crippen molar-refractivity contribution < 1.29 is 71.2 Å². The van der Waals surface area contributed by atoms with Crippen molar-refractivity contribution in [3.05, 3.63) is 239 Å². The summed E-state index contributed by atoms with van der Waals surface area (Å²) in [5.74, 6) is -1.99. The van der Waals surface area contributed by atoms with Gasteiger partial charge in [0.05, 0.1) is 46.1 Å². The number of halogens is 3. The van der Waals surface area contributed by atoms with Crippen molar-refractivity contribution in [3.8, 4) is 11.1 Å². The molecule has 88 heavy (non-hydrogen) atoms. The van der Waals surface area contributed by atoms with Crippen LogP contribution in [0, 0.1) is 5.41 Å². The molecule has 2 aliphatic heterocycles. The molecule has 1 aliphatic carbocycles. The van der Waals surface area contributed by atoms with E-state index in [0.29, 0.717) is 0 Å². The number of fused-ring (bicyclic) bond motifs is 3. The van der Waals surface area contributed by atoms with Gasteiger partial charge in [-0.05, 0) is 57.0 Å². The number of alkyl halides is 3. The third-order valence-electron chi connectivity index (χ3n) is 15.2. The standard InChI is InChI=1S/C69H68Cl3NO15/c1-45(74)35-36-58(75)78-44-57-59(79-38-47-23-9-3-10-24-47)62(87-68(76)83-42-55-53-33-19-17-31-51(53)52-32-18-20-34-54(52)55)64(82-41-50-29-15-6-16-30-50)65(85-57)86-60-56(43-77-37-46-21-7-2-8-22-46)84-66(88-67(73)69(70,71)72)63(81-40-49-27-13-5-14-28-49)61(60)80-39-48-25-11-4-12-26-48/h2-34,55-57,59-66,73H,35-44H2,1H3/t56-,57-,59+,60-,61+,62+,63-,64-,65+,66+/m1/s1. The van der Waals surface area contributed by atoms with Gasteiger partial charge in [0.2, 0.25) is 12.2 Å². The predicted octanol–water partition coefficient (Wildman–Crippen LogP) is 13.0. The Morgan fingerprint density at radius 3 is 1.35 bits per heavy atom. The summed E-state index contributed by atoms with van der Waals surface area (Å²) in [6.45, 7) is 0.643. The average Bonchev–Trinajstić information content (AvgIpc) is 2.33. The number of carbonyl (C=O) groups excluding carboxylic acids is 3. The van der Waals surface area contributed by atoms with E-state index >= 15 is 0 Å². The summed E-state index contributed by atoms with van der Waals surface area (Å²) in [7, 11) is 0. The van der Waals surface area contributed by atoms with Crippen LogP contribution in [0.5, 0.6) is 0 Å². The topological polar surface area (TPSA) is 186 Å². The van der Waals surface area contributed by atoms with Gasteiger partial charge in [-0.1, -0.05) is 235 Å². The van der Waals surface area contributed by atoms with Gasteiger partial charge in [-0.2, -0.15) is 0 Å². The minimum Gasteiger partial charge on any atom is -0.463 e. The summed E-state index contributed by atoms with van der Waals surface area (Å²) in [6.07, 6.45) is -14.7. The fraction of sp³-hybridized carbons (Fsp3) is 0.333. The Hall–Kier alpha value is -7.03. The molecule has 7 aromatic carbocycles. The number of carbonyl (C=O) groups is 3. The molecule has 19 heteroatoms. The Labute approximate surface area is 526 Å². The van der Waals surface area contributed by atoms with Crippen LogP contribution in [0.25, 0.3) is 11.1 Å². The highest BCUT2D eigenvalue weighted by atomic mass is 35.6. The maximum atomic E-state index is 14.8. The van der Waals surface area contributed by atoms with Crippen LogP contribution in [-0.4, -0.2) is 109 Å². The van der Waals surface area contributed by atoms with Gasteiger partial charge in [0, 0.05) is 12.3 Å². The van der Waals surface area contributed by atoms with Crippen molar-refractivity contribution in [3.63, 3.8) is 0 Å². The van der Waals surface area contributed by atoms with Gasteiger partial charge >= 0.3 is 12.1 Å². The minimum atomic E-state index is -2.33. The molecule has 0 spiro atoms. The Morgan fingerprint density at radius 1 is 0.443 bits per heavy atom. The van der Waals surface area contributed by atoms with Crippen LogP contribution in [-0.2, 0) is 99.5 Å². The molecule has 16 nitrogen and oxygen atoms in total. The molecule has 2 heterocycles. The van der Waals surface area contributed by atoms with E-state index in [1.165, 1.54) is 6.92 Å². The van der Waals surface area contributed by atoms with E-state index in [9.17, 15) is 14.4 Å². The molecule has 3 aliphatic rings. The van der Waals surface area contributed by atoms with E-state index in [-0.39, 0.29) is 70.8 Å². The van der Waals surface area contributed by atoms with Crippen molar-refractivity contribution in [1.82, 2.24) is 0 Å². The molecule has 1 N–H and O–H groups in total. The maximum absolute atomic E-state index is 14.8. The highest BCUT2D eigenvalue weighted by Crippen LogP contribution is 2.45. The summed E-state index contributed by atoms with van der Waals surface area (Å²) in [6, 6.07) is 62.9. The molecule has 460 valence electrons. The highest BCUT2D eigenvalue weighted by molar-refractivity contribution is 6.76. The number of Topliss-reactive ketones (excluding diaryl/α,β-unsaturated/α-hetero) is 1. The number of hydrogen-bond donors (Lipinski definition) is 1. The molecule has 0 saturated carbocycles. The number of ketones is 1. The van der Waals surface area contributed by atoms with Crippen LogP contribution >= 0.6 is 34.8 Å². The lowest BCUT2D eigenvalue weighted by atomic mass is 9.95. The number of hydrogen-bond acceptors (Lipinski definition) is 16. The summed E-state index contributed by atoms with van der Waals surface area (Å²) in [5.41, 5.74) is 7.93. The van der Waals surface area contributed by atoms with Crippen molar-refractivity contribution in [2.75, 3.05) is 19.8 Å². The molecule has 0 aromatic heterocycles. The summed E-state index contributed by atoms with van der Waals surface area (Å²) >= 11 is 18.9. The number of nitrogens with one attached hydrogen (secondary N) is 1. The highest BCUT2D eigenvalue weighted by Gasteiger charge is 2.56. The zero-order valence-electron chi connectivity index (χ0n) is 48.2. The zero-order valence-corrected chi connectivity index (χ0v) is 50.5. The van der Waals surface area contributed by atoms with Gasteiger partial charge in [0.15, 0.2) is 12.4 Å². The predicted molar refractivity (Wildman–Crippen MR) is 328 cm³/mol. The van der Waals surface area contributed by atoms with E-state index in [1.807, 2.05) is 200 Å². The van der Waals surface area contributed by atoms with Crippen LogP contribution < -0.4 is 0 Å². The second kappa shape index (κ2) is 31.4. The minimum absolute atomic E-state index is 0.00992. The Bertz CT molecular complexity index is 3300. The third kappa shape index (κ3) is 17.4. The SMILES string of the molecule is CC(=O)CCC(=O)OC[C@H]1O[C@@H](O[C@H]2[C@H](OCc3ccccc3)[C@@H](OCc3ccccc3)[C@H](OC(=N)C(Cl)(Cl)Cl)O[C@@H]2COCc2ccccc2)[C@H](OCc2ccccc2)[C@@H](OC(=O)OCC2c3ccccc3-c3ccccc32)[C@H]1OCc1ccccc1. The fourth-order valence-electron chi connectivity index (χ4n) is 10.8. The smallest absolute Gasteiger partial charge is 0.463 e. The quantitative estimate of drug-likeness (QED) is 0.0222. The molecule has 0 unspecified atom stereocenters. The van der Waals surface area contributed by atoms with Gasteiger partial charge in [-0.15, -0.1) is 0 Å². The summed E-state index contributed by atoms with van der Waals surface area (Å²) in [4.78, 5) is 40.5. The largest absolute Gasteiger partial charge is 0.508 e. The number of benzene rings is 7. The van der Waals surface area contributed by atoms with Gasteiger partial charge < -0.3 is 61.6 Å². The fourth-order valence-corrected chi connectivity index (χ4v) is 10.9. The second-order valence-corrected chi connectivity index (χ2v) is 23.7. The summed E-state index contributed by atoms with van der Waals surface area (Å²) < 4.78 is 77.9. The van der Waals surface area contributed by atoms with Crippen molar-refractivity contribution in [1.29, 1.82) is 5.41 Å². The van der Waals surface area contributed by atoms with Gasteiger partial charge in [-0.3, -0.25) is 10.2 Å². The monoisotopic (exact) mass is 1260 g/mol. The van der Waals surface area contributed by atoms with E-state index in [4.69, 9.17) is 97.1 Å². The van der Waals surface area contributed by atoms with Crippen LogP contribution in [0.1, 0.15) is 64.6 Å². The van der Waals surface area contributed by atoms with Crippen LogP contribution in [0.2, 0.25) is 0 Å². The Kier molecular flexibility index (Phi) is 22.8. The number of ether oxygens (including phenoxy) is 12. The molecule has 0 radical (unpaired) electrons. The Morgan fingerprint density at radius 2 is 0.864 bits per heavy atom. The normalized spacial score (nSPS) is 22.4. The Balaban J connectivity index is 1.07. The molecular weight excluding hydrogens is 1190 g/mol. The van der Waals surface area contributed by atoms with Crippen molar-refractivity contribution in [2.45, 2.75) is 124 Å². The number of rotatable bonds is 27. The first-order chi connectivity index (χ1) is 42.8. The first kappa shape index (κ1) is 64.0. The first-order valence-electron chi connectivity index (χ1n) is 29.0. The molecule has 7 aromatic rings. The van der Waals surface area contributed by atoms with E-state index in [1.54, 1.807) is 0 Å². The average molecular weight is 1260 g/mol. The van der Waals surface area contributed by atoms with Gasteiger partial charge in [0.1, 0.15) is 61.7 Å². The number of esters is 1. The molecule has 2 saturated heterocycles. The van der Waals surface area contributed by atoms with Gasteiger partial charge in [-0.25, -0.2) is 4.79 Å². The lowest BCUT2D eigenvalue weighted by molar-refractivity contribution is -0.369. The van der Waals surface area contributed by atoms with Crippen LogP contribution in [0.3, 0.4) is 0 Å². The lowest BCUT2D eigenvalue weighted by Crippen LogP contribution is -2.67. The van der Waals surface area contributed by atoms with Crippen molar-refractivity contribution in [2.24, 2.45) is 0 Å². The second-order valence-electron chi connectivity index (χ2n) is 21.4. The van der Waals surface area contributed by atoms with E-state index < -0.39 is 89.8 Å². The van der Waals surface area contributed by atoms with E-state index in [2.05, 4.69) is 0 Å². The molecule has 10 atom stereocenters. The first-order valence-corrected chi connectivity index (χ1v) is 30.2. The van der Waals surface area contributed by atoms with E-state index in [0.717, 1.165) is 50.1 Å². The van der Waals surface area contributed by atoms with Crippen LogP contribution in [0.15, 0.2) is 200 Å². The molecule has 0 amide bonds. The maximum Gasteiger partial charge on any atom is 0.508 e. The zero-order chi connectivity index (χ0) is 61.2. The summed E-state index contributed by atoms with van der Waals surface area (Å²) in [5, 5.41) is 8.84. The van der Waals surface area contributed by atoms with Crippen LogP contribution in [0.4, 0.5) is 4.79 Å². The molecule has 10 rings (SSSR count). The molecule has 0 bridgehead atoms. The molecular formula is C69H68Cl3NO15. The third-order valence-corrected chi connectivity index (χ3v) is 15.7. The molecule has 2 fully saturated rings. The van der Waals surface area contributed by atoms with Crippen molar-refractivity contribution >= 4 is 58.6 Å². The van der Waals surface area contributed by atoms with Gasteiger partial charge in [0.25, 0.3) is 3.79 Å².